The fourth-order valence-electron chi connectivity index (χ4n) is 5.90. The molecule has 0 radical (unpaired) electrons. The van der Waals surface area contributed by atoms with Gasteiger partial charge >= 0.3 is 33.7 Å². The summed E-state index contributed by atoms with van der Waals surface area (Å²) in [7, 11) is 0.750. The fourth-order valence-corrected chi connectivity index (χ4v) is 5.90. The van der Waals surface area contributed by atoms with Crippen LogP contribution in [0.1, 0.15) is 68.7 Å². The summed E-state index contributed by atoms with van der Waals surface area (Å²) in [6, 6.07) is 28.0. The van der Waals surface area contributed by atoms with Gasteiger partial charge in [0.05, 0.1) is 11.1 Å². The number of rotatable bonds is 2. The van der Waals surface area contributed by atoms with Crippen molar-refractivity contribution in [3.05, 3.63) is 124 Å². The van der Waals surface area contributed by atoms with E-state index in [-0.39, 0.29) is 21.7 Å². The molecule has 5 aromatic rings. The van der Waals surface area contributed by atoms with Gasteiger partial charge in [-0.15, -0.1) is 0 Å². The van der Waals surface area contributed by atoms with Gasteiger partial charge in [-0.2, -0.15) is 35.4 Å². The predicted octanol–water partition coefficient (Wildman–Crippen LogP) is 7.21. The Bertz CT molecular complexity index is 1500. The second-order valence-electron chi connectivity index (χ2n) is 10.2. The van der Waals surface area contributed by atoms with E-state index in [4.69, 9.17) is 15.3 Å². The molecule has 6 heteroatoms. The maximum atomic E-state index is 10.8. The molecule has 2 N–H and O–H groups in total. The van der Waals surface area contributed by atoms with Crippen molar-refractivity contribution < 1.29 is 46.6 Å². The molecule has 5 aromatic carbocycles. The average molecular weight is 597 g/mol. The maximum Gasteiger partial charge on any atom is 2.00 e. The van der Waals surface area contributed by atoms with Crippen LogP contribution in [0.3, 0.4) is 0 Å². The second-order valence-corrected chi connectivity index (χ2v) is 10.2. The summed E-state index contributed by atoms with van der Waals surface area (Å²) >= 11 is 0. The van der Waals surface area contributed by atoms with Crippen molar-refractivity contribution in [2.24, 2.45) is 0 Å². The van der Waals surface area contributed by atoms with Crippen molar-refractivity contribution in [2.45, 2.75) is 51.4 Å². The number of carboxylic acid groups (broad SMARTS) is 2. The monoisotopic (exact) mass is 596 g/mol. The third-order valence-electron chi connectivity index (χ3n) is 7.77. The molecule has 2 aliphatic carbocycles. The Labute approximate surface area is 262 Å². The molecule has 0 heterocycles. The molecule has 0 saturated carbocycles. The number of carboxylic acids is 2. The zero-order valence-electron chi connectivity index (χ0n) is 23.9. The molecule has 0 spiro atoms. The van der Waals surface area contributed by atoms with Crippen LogP contribution >= 0.6 is 0 Å². The molecular formula is C36H36O5Ti. The Kier molecular flexibility index (Phi) is 12.6. The standard InChI is InChI=1S/C13H17.2C11H8O2.CH3O.Ti/c1-3-7-12-10(5-1)9-11-6-2-4-8-13(11)12;2*12-11(13)10-7-3-5-8-4-1-2-6-9(8)10;1-2;/h9H,1-8H2;2*1-7H,(H,12,13);1H3;/q-1;;;-1;+2. The summed E-state index contributed by atoms with van der Waals surface area (Å²) in [6.45, 7) is 0. The van der Waals surface area contributed by atoms with Gasteiger partial charge in [0.2, 0.25) is 0 Å². The first-order valence-corrected chi connectivity index (χ1v) is 14.1. The van der Waals surface area contributed by atoms with Gasteiger partial charge in [0, 0.05) is 0 Å². The first kappa shape index (κ1) is 32.9. The summed E-state index contributed by atoms with van der Waals surface area (Å²) in [5.41, 5.74) is 7.66. The van der Waals surface area contributed by atoms with E-state index in [0.717, 1.165) is 28.7 Å². The molecule has 0 aliphatic heterocycles. The molecular weight excluding hydrogens is 560 g/mol. The third-order valence-corrected chi connectivity index (χ3v) is 7.77. The summed E-state index contributed by atoms with van der Waals surface area (Å²) < 4.78 is 0. The van der Waals surface area contributed by atoms with Gasteiger partial charge in [0.15, 0.2) is 0 Å². The van der Waals surface area contributed by atoms with Crippen LogP contribution in [-0.4, -0.2) is 29.3 Å². The largest absolute Gasteiger partial charge is 2.00 e. The molecule has 7 rings (SSSR count). The zero-order valence-corrected chi connectivity index (χ0v) is 25.5. The van der Waals surface area contributed by atoms with E-state index < -0.39 is 11.9 Å². The predicted molar refractivity (Wildman–Crippen MR) is 163 cm³/mol. The number of hydrogen-bond donors (Lipinski definition) is 2. The number of aryl methyl sites for hydroxylation is 2. The Morgan fingerprint density at radius 2 is 0.929 bits per heavy atom. The topological polar surface area (TPSA) is 97.7 Å². The molecule has 0 amide bonds. The fraction of sp³-hybridized carbons (Fsp3) is 0.250. The van der Waals surface area contributed by atoms with Crippen LogP contribution < -0.4 is 5.11 Å². The number of hydrogen-bond acceptors (Lipinski definition) is 3. The van der Waals surface area contributed by atoms with Gasteiger partial charge in [0.1, 0.15) is 0 Å². The maximum absolute atomic E-state index is 10.8. The van der Waals surface area contributed by atoms with Gasteiger partial charge in [-0.3, -0.25) is 0 Å². The van der Waals surface area contributed by atoms with E-state index in [1.54, 1.807) is 46.5 Å². The van der Waals surface area contributed by atoms with Crippen molar-refractivity contribution in [2.75, 3.05) is 7.11 Å². The van der Waals surface area contributed by atoms with Gasteiger partial charge in [-0.05, 0) is 33.7 Å². The van der Waals surface area contributed by atoms with Gasteiger partial charge in [0.25, 0.3) is 0 Å². The van der Waals surface area contributed by atoms with Crippen molar-refractivity contribution >= 4 is 33.5 Å². The van der Waals surface area contributed by atoms with Crippen LogP contribution in [0.4, 0.5) is 0 Å². The van der Waals surface area contributed by atoms with Gasteiger partial charge in [-0.1, -0.05) is 124 Å². The zero-order chi connectivity index (χ0) is 29.2. The minimum absolute atomic E-state index is 0. The van der Waals surface area contributed by atoms with Crippen molar-refractivity contribution in [1.29, 1.82) is 0 Å². The molecule has 0 fully saturated rings. The molecule has 0 unspecified atom stereocenters. The molecule has 5 nitrogen and oxygen atoms in total. The summed E-state index contributed by atoms with van der Waals surface area (Å²) in [4.78, 5) is 21.6. The summed E-state index contributed by atoms with van der Waals surface area (Å²) in [5, 5.41) is 29.5. The smallest absolute Gasteiger partial charge is 0.857 e. The van der Waals surface area contributed by atoms with Crippen LogP contribution in [0, 0.1) is 0 Å². The quantitative estimate of drug-likeness (QED) is 0.166. The Balaban J connectivity index is 0.000000166. The van der Waals surface area contributed by atoms with E-state index in [1.165, 1.54) is 51.4 Å². The molecule has 0 atom stereocenters. The first-order valence-electron chi connectivity index (χ1n) is 14.1. The number of benzene rings is 4. The van der Waals surface area contributed by atoms with E-state index >= 15 is 0 Å². The minimum Gasteiger partial charge on any atom is -0.857 e. The Hall–Kier alpha value is -3.64. The minimum atomic E-state index is -0.878. The van der Waals surface area contributed by atoms with Crippen molar-refractivity contribution in [3.8, 4) is 0 Å². The molecule has 0 aromatic heterocycles. The normalized spacial score (nSPS) is 12.9. The summed E-state index contributed by atoms with van der Waals surface area (Å²) in [5.74, 6) is -1.76. The first-order chi connectivity index (χ1) is 20.0. The van der Waals surface area contributed by atoms with Gasteiger partial charge < -0.3 is 15.3 Å². The second kappa shape index (κ2) is 16.1. The Morgan fingerprint density at radius 1 is 0.571 bits per heavy atom. The van der Waals surface area contributed by atoms with Crippen LogP contribution in [0.15, 0.2) is 91.0 Å². The number of carbonyl (C=O) groups is 2. The van der Waals surface area contributed by atoms with E-state index in [9.17, 15) is 9.59 Å². The van der Waals surface area contributed by atoms with Crippen LogP contribution in [0.2, 0.25) is 0 Å². The summed E-state index contributed by atoms with van der Waals surface area (Å²) in [6.07, 6.45) is 11.2. The third kappa shape index (κ3) is 7.80. The van der Waals surface area contributed by atoms with Crippen molar-refractivity contribution in [1.82, 2.24) is 0 Å². The molecule has 214 valence electrons. The van der Waals surface area contributed by atoms with E-state index in [2.05, 4.69) is 6.07 Å². The van der Waals surface area contributed by atoms with Crippen LogP contribution in [0.5, 0.6) is 0 Å². The van der Waals surface area contributed by atoms with Crippen LogP contribution in [-0.2, 0) is 47.4 Å². The molecule has 0 bridgehead atoms. The van der Waals surface area contributed by atoms with Crippen molar-refractivity contribution in [3.63, 3.8) is 0 Å². The van der Waals surface area contributed by atoms with E-state index in [0.29, 0.717) is 11.1 Å². The van der Waals surface area contributed by atoms with E-state index in [1.807, 2.05) is 60.7 Å². The SMILES string of the molecule is C[O-].O=C(O)c1cccc2ccccc12.O=C(O)c1cccc2ccccc12.[Ti+2].[cH-]1c2c(c3c1CCCC3)CCCC2. The average Bonchev–Trinajstić information content (AvgIpc) is 3.41. The van der Waals surface area contributed by atoms with Gasteiger partial charge in [-0.25, -0.2) is 9.59 Å². The Morgan fingerprint density at radius 3 is 1.33 bits per heavy atom. The molecule has 42 heavy (non-hydrogen) atoms. The molecule has 0 saturated heterocycles. The molecule has 2 aliphatic rings. The number of fused-ring (bicyclic) bond motifs is 5. The van der Waals surface area contributed by atoms with Crippen LogP contribution in [0.25, 0.3) is 21.5 Å². The number of aromatic carboxylic acids is 2.